The molecule has 1 aromatic carbocycles. The van der Waals surface area contributed by atoms with E-state index in [9.17, 15) is 10.1 Å². The van der Waals surface area contributed by atoms with Crippen LogP contribution in [0.5, 0.6) is 0 Å². The quantitative estimate of drug-likeness (QED) is 0.414. The summed E-state index contributed by atoms with van der Waals surface area (Å²) in [5.41, 5.74) is 1.99. The van der Waals surface area contributed by atoms with Gasteiger partial charge in [-0.15, -0.1) is 0 Å². The van der Waals surface area contributed by atoms with Crippen molar-refractivity contribution in [2.75, 3.05) is 18.0 Å². The van der Waals surface area contributed by atoms with E-state index in [2.05, 4.69) is 6.07 Å². The van der Waals surface area contributed by atoms with E-state index in [0.29, 0.717) is 0 Å². The maximum Gasteiger partial charge on any atom is 0.271 e. The Morgan fingerprint density at radius 2 is 2.40 bits per heavy atom. The van der Waals surface area contributed by atoms with Gasteiger partial charge in [0.25, 0.3) is 5.69 Å². The molecule has 0 saturated heterocycles. The minimum absolute atomic E-state index is 0.0820. The number of non-ortho nitro benzene ring substituents is 1. The molecule has 0 spiro atoms. The third kappa shape index (κ3) is 1.62. The van der Waals surface area contributed by atoms with Crippen LogP contribution in [0.4, 0.5) is 11.4 Å². The lowest BCUT2D eigenvalue weighted by atomic mass is 10.1. The van der Waals surface area contributed by atoms with Crippen LogP contribution in [-0.2, 0) is 6.42 Å². The molecule has 2 rings (SSSR count). The van der Waals surface area contributed by atoms with E-state index in [1.807, 2.05) is 4.90 Å². The predicted octanol–water partition coefficient (Wildman–Crippen LogP) is 1.48. The predicted molar refractivity (Wildman–Crippen MR) is 54.6 cm³/mol. The average Bonchev–Trinajstić information content (AvgIpc) is 2.61. The van der Waals surface area contributed by atoms with Gasteiger partial charge in [-0.05, 0) is 12.0 Å². The van der Waals surface area contributed by atoms with Gasteiger partial charge in [0.05, 0.1) is 11.0 Å². The number of nitro groups is 1. The molecule has 1 aliphatic rings. The molecule has 0 aromatic heterocycles. The van der Waals surface area contributed by atoms with Crippen molar-refractivity contribution in [3.8, 4) is 6.07 Å². The first-order valence-corrected chi connectivity index (χ1v) is 4.61. The molecule has 0 aliphatic carbocycles. The summed E-state index contributed by atoms with van der Waals surface area (Å²) in [4.78, 5) is 12.0. The van der Waals surface area contributed by atoms with Crippen LogP contribution >= 0.6 is 0 Å². The molecule has 15 heavy (non-hydrogen) atoms. The molecule has 0 bridgehead atoms. The molecule has 0 amide bonds. The molecule has 5 heteroatoms. The molecule has 1 aliphatic heterocycles. The van der Waals surface area contributed by atoms with Gasteiger partial charge in [0.2, 0.25) is 0 Å². The van der Waals surface area contributed by atoms with Crippen molar-refractivity contribution in [1.29, 1.82) is 5.26 Å². The van der Waals surface area contributed by atoms with Crippen molar-refractivity contribution < 1.29 is 4.92 Å². The van der Waals surface area contributed by atoms with E-state index in [0.717, 1.165) is 24.2 Å². The number of fused-ring (bicyclic) bond motifs is 1. The Labute approximate surface area is 86.7 Å². The van der Waals surface area contributed by atoms with Crippen molar-refractivity contribution >= 4 is 11.4 Å². The summed E-state index contributed by atoms with van der Waals surface area (Å²) >= 11 is 0. The highest BCUT2D eigenvalue weighted by atomic mass is 16.6. The highest BCUT2D eigenvalue weighted by Crippen LogP contribution is 2.31. The zero-order chi connectivity index (χ0) is 10.8. The van der Waals surface area contributed by atoms with Gasteiger partial charge >= 0.3 is 0 Å². The van der Waals surface area contributed by atoms with Gasteiger partial charge < -0.3 is 4.90 Å². The van der Waals surface area contributed by atoms with Crippen molar-refractivity contribution in [2.24, 2.45) is 0 Å². The lowest BCUT2D eigenvalue weighted by molar-refractivity contribution is -0.384. The fraction of sp³-hybridized carbons (Fsp3) is 0.300. The van der Waals surface area contributed by atoms with Crippen LogP contribution in [-0.4, -0.2) is 18.0 Å². The van der Waals surface area contributed by atoms with Crippen molar-refractivity contribution in [1.82, 2.24) is 0 Å². The maximum atomic E-state index is 10.6. The van der Waals surface area contributed by atoms with Gasteiger partial charge in [0.1, 0.15) is 6.54 Å². The molecule has 1 heterocycles. The summed E-state index contributed by atoms with van der Waals surface area (Å²) in [6.07, 6.45) is 0.856. The zero-order valence-electron chi connectivity index (χ0n) is 8.01. The Kier molecular flexibility index (Phi) is 2.26. The number of benzene rings is 1. The highest BCUT2D eigenvalue weighted by molar-refractivity contribution is 5.62. The van der Waals surface area contributed by atoms with Gasteiger partial charge in [-0.1, -0.05) is 6.07 Å². The van der Waals surface area contributed by atoms with Gasteiger partial charge in [-0.25, -0.2) is 0 Å². The Balaban J connectivity index is 2.38. The number of hydrogen-bond acceptors (Lipinski definition) is 4. The summed E-state index contributed by atoms with van der Waals surface area (Å²) in [6, 6.07) is 6.87. The number of anilines is 1. The molecular weight excluding hydrogens is 194 g/mol. The maximum absolute atomic E-state index is 10.6. The zero-order valence-corrected chi connectivity index (χ0v) is 8.01. The second-order valence-corrected chi connectivity index (χ2v) is 3.40. The summed E-state index contributed by atoms with van der Waals surface area (Å²) in [7, 11) is 0. The van der Waals surface area contributed by atoms with E-state index < -0.39 is 4.92 Å². The average molecular weight is 203 g/mol. The van der Waals surface area contributed by atoms with E-state index in [-0.39, 0.29) is 12.2 Å². The first kappa shape index (κ1) is 9.46. The first-order valence-electron chi connectivity index (χ1n) is 4.61. The van der Waals surface area contributed by atoms with Crippen molar-refractivity contribution in [3.05, 3.63) is 33.9 Å². The van der Waals surface area contributed by atoms with E-state index >= 15 is 0 Å². The summed E-state index contributed by atoms with van der Waals surface area (Å²) in [6.45, 7) is 1.05. The molecule has 0 N–H and O–H groups in total. The number of nitrogens with zero attached hydrogens (tertiary/aromatic N) is 3. The van der Waals surface area contributed by atoms with Crippen LogP contribution < -0.4 is 4.90 Å². The SMILES string of the molecule is N#CCN1CCc2ccc([N+](=O)[O-])cc21. The van der Waals surface area contributed by atoms with Crippen LogP contribution in [0.2, 0.25) is 0 Å². The lowest BCUT2D eigenvalue weighted by Gasteiger charge is -2.14. The van der Waals surface area contributed by atoms with Gasteiger partial charge in [-0.2, -0.15) is 5.26 Å². The fourth-order valence-corrected chi connectivity index (χ4v) is 1.80. The Hall–Kier alpha value is -2.09. The van der Waals surface area contributed by atoms with Crippen LogP contribution in [0.1, 0.15) is 5.56 Å². The second kappa shape index (κ2) is 3.58. The molecule has 0 saturated carbocycles. The minimum Gasteiger partial charge on any atom is -0.357 e. The topological polar surface area (TPSA) is 70.2 Å². The standard InChI is InChI=1S/C10H9N3O2/c11-4-6-12-5-3-8-1-2-9(13(14)15)7-10(8)12/h1-2,7H,3,5-6H2. The van der Waals surface area contributed by atoms with Gasteiger partial charge in [0.15, 0.2) is 0 Å². The van der Waals surface area contributed by atoms with Crippen molar-refractivity contribution in [3.63, 3.8) is 0 Å². The first-order chi connectivity index (χ1) is 7.22. The smallest absolute Gasteiger partial charge is 0.271 e. The third-order valence-electron chi connectivity index (χ3n) is 2.53. The molecule has 0 radical (unpaired) electrons. The van der Waals surface area contributed by atoms with E-state index in [4.69, 9.17) is 5.26 Å². The minimum atomic E-state index is -0.414. The molecule has 76 valence electrons. The van der Waals surface area contributed by atoms with E-state index in [1.54, 1.807) is 12.1 Å². The third-order valence-corrected chi connectivity index (χ3v) is 2.53. The van der Waals surface area contributed by atoms with Crippen LogP contribution in [0.15, 0.2) is 18.2 Å². The largest absolute Gasteiger partial charge is 0.357 e. The molecule has 5 nitrogen and oxygen atoms in total. The number of nitro benzene ring substituents is 1. The molecule has 1 aromatic rings. The Morgan fingerprint density at radius 1 is 1.60 bits per heavy atom. The molecule has 0 fully saturated rings. The van der Waals surface area contributed by atoms with Crippen LogP contribution in [0.3, 0.4) is 0 Å². The summed E-state index contributed by atoms with van der Waals surface area (Å²) in [5, 5.41) is 19.2. The van der Waals surface area contributed by atoms with Gasteiger partial charge in [0, 0.05) is 24.4 Å². The summed E-state index contributed by atoms with van der Waals surface area (Å²) < 4.78 is 0. The van der Waals surface area contributed by atoms with Crippen LogP contribution in [0, 0.1) is 21.4 Å². The normalized spacial score (nSPS) is 13.4. The van der Waals surface area contributed by atoms with Crippen LogP contribution in [0.25, 0.3) is 0 Å². The molecule has 0 atom stereocenters. The van der Waals surface area contributed by atoms with Crippen molar-refractivity contribution in [2.45, 2.75) is 6.42 Å². The Bertz CT molecular complexity index is 450. The lowest BCUT2D eigenvalue weighted by Crippen LogP contribution is -2.20. The number of hydrogen-bond donors (Lipinski definition) is 0. The van der Waals surface area contributed by atoms with E-state index in [1.165, 1.54) is 6.07 Å². The highest BCUT2D eigenvalue weighted by Gasteiger charge is 2.21. The number of rotatable bonds is 2. The molecule has 0 unspecified atom stereocenters. The van der Waals surface area contributed by atoms with Gasteiger partial charge in [-0.3, -0.25) is 10.1 Å². The monoisotopic (exact) mass is 203 g/mol. The number of nitriles is 1. The molecular formula is C10H9N3O2. The second-order valence-electron chi connectivity index (χ2n) is 3.40. The Morgan fingerprint density at radius 3 is 3.07 bits per heavy atom. The fourth-order valence-electron chi connectivity index (χ4n) is 1.80. The summed E-state index contributed by atoms with van der Waals surface area (Å²) in [5.74, 6) is 0.